The Morgan fingerprint density at radius 2 is 1.00 bits per heavy atom. The number of ether oxygens (including phenoxy) is 2. The molecule has 0 radical (unpaired) electrons. The molecule has 0 saturated heterocycles. The van der Waals surface area contributed by atoms with E-state index in [0.29, 0.717) is 34.9 Å². The van der Waals surface area contributed by atoms with Crippen LogP contribution in [0.3, 0.4) is 0 Å². The molecule has 0 aliphatic carbocycles. The number of aromatic nitrogens is 5. The first-order chi connectivity index (χ1) is 23.6. The summed E-state index contributed by atoms with van der Waals surface area (Å²) in [6.07, 6.45) is 7.25. The van der Waals surface area contributed by atoms with Crippen molar-refractivity contribution in [3.8, 4) is 51.5 Å². The van der Waals surface area contributed by atoms with Crippen LogP contribution in [0.5, 0.6) is 23.0 Å². The summed E-state index contributed by atoms with van der Waals surface area (Å²) in [6, 6.07) is 44.5. The molecule has 0 unspecified atom stereocenters. The molecule has 248 valence electrons. The zero-order valence-corrected chi connectivity index (χ0v) is 29.9. The number of fused-ring (bicyclic) bond motifs is 3. The van der Waals surface area contributed by atoms with E-state index >= 15 is 0 Å². The molecule has 0 bridgehead atoms. The van der Waals surface area contributed by atoms with Crippen LogP contribution in [0, 0.1) is 24.3 Å². The van der Waals surface area contributed by atoms with Crippen LogP contribution in [0.15, 0.2) is 122 Å². The Kier molecular flexibility index (Phi) is 10.6. The van der Waals surface area contributed by atoms with Crippen LogP contribution in [0.25, 0.3) is 50.3 Å². The van der Waals surface area contributed by atoms with Gasteiger partial charge >= 0.3 is 40.8 Å². The predicted octanol–water partition coefficient (Wildman–Crippen LogP) is 9.60. The first kappa shape index (κ1) is 34.8. The van der Waals surface area contributed by atoms with Crippen molar-refractivity contribution in [3.63, 3.8) is 0 Å². The van der Waals surface area contributed by atoms with Crippen LogP contribution >= 0.6 is 0 Å². The van der Waals surface area contributed by atoms with Crippen molar-refractivity contribution in [1.82, 2.24) is 24.5 Å². The minimum Gasteiger partial charge on any atom is -0.503 e. The molecular formula is C41H27N5O2Pd2. The van der Waals surface area contributed by atoms with Gasteiger partial charge in [0.05, 0.1) is 0 Å². The summed E-state index contributed by atoms with van der Waals surface area (Å²) < 4.78 is 14.5. The van der Waals surface area contributed by atoms with E-state index < -0.39 is 0 Å². The van der Waals surface area contributed by atoms with Gasteiger partial charge in [0.2, 0.25) is 5.95 Å². The molecule has 0 aliphatic heterocycles. The normalized spacial score (nSPS) is 10.9. The van der Waals surface area contributed by atoms with E-state index in [1.54, 1.807) is 12.4 Å². The Hall–Kier alpha value is -5.02. The third kappa shape index (κ3) is 7.14. The van der Waals surface area contributed by atoms with E-state index in [1.165, 1.54) is 0 Å². The maximum absolute atomic E-state index is 6.30. The van der Waals surface area contributed by atoms with Gasteiger partial charge in [0.25, 0.3) is 0 Å². The number of hydrogen-bond acceptors (Lipinski definition) is 6. The molecule has 4 heterocycles. The molecule has 7 nitrogen and oxygen atoms in total. The van der Waals surface area contributed by atoms with Crippen LogP contribution in [0.2, 0.25) is 0 Å². The summed E-state index contributed by atoms with van der Waals surface area (Å²) in [6.45, 7) is 4.24. The molecule has 0 N–H and O–H groups in total. The van der Waals surface area contributed by atoms with Gasteiger partial charge in [0.15, 0.2) is 0 Å². The van der Waals surface area contributed by atoms with Gasteiger partial charge in [0.1, 0.15) is 0 Å². The SMILES string of the molecule is CC(C)c1cnc(-n2c3[c-]c(Oc4[c-]c(-c5ccccn5)ccc4)ccc3c3ccc(Oc4[c-]c(-c5ccccn5)ccc4)[c-]c32)nc1.[Pd+2].[Pd+2]. The largest absolute Gasteiger partial charge is 2.00 e. The van der Waals surface area contributed by atoms with Gasteiger partial charge in [-0.2, -0.15) is 22.9 Å². The second-order valence-corrected chi connectivity index (χ2v) is 11.5. The summed E-state index contributed by atoms with van der Waals surface area (Å²) in [5.41, 5.74) is 5.86. The fourth-order valence-corrected chi connectivity index (χ4v) is 5.48. The molecule has 4 aromatic heterocycles. The van der Waals surface area contributed by atoms with Gasteiger partial charge in [-0.05, 0) is 35.0 Å². The van der Waals surface area contributed by atoms with Gasteiger partial charge in [-0.15, -0.1) is 71.8 Å². The number of hydrogen-bond donors (Lipinski definition) is 0. The molecule has 0 atom stereocenters. The maximum atomic E-state index is 6.30. The van der Waals surface area contributed by atoms with Gasteiger partial charge in [-0.3, -0.25) is 0 Å². The van der Waals surface area contributed by atoms with Crippen molar-refractivity contribution in [2.24, 2.45) is 0 Å². The second-order valence-electron chi connectivity index (χ2n) is 11.5. The number of rotatable bonds is 8. The summed E-state index contributed by atoms with van der Waals surface area (Å²) in [5, 5.41) is 1.90. The van der Waals surface area contributed by atoms with Crippen LogP contribution < -0.4 is 9.47 Å². The summed E-state index contributed by atoms with van der Waals surface area (Å²) in [7, 11) is 0. The van der Waals surface area contributed by atoms with E-state index in [0.717, 1.165) is 49.9 Å². The monoisotopic (exact) mass is 833 g/mol. The van der Waals surface area contributed by atoms with Crippen LogP contribution in [0.1, 0.15) is 25.3 Å². The molecule has 0 amide bonds. The van der Waals surface area contributed by atoms with Crippen molar-refractivity contribution in [3.05, 3.63) is 152 Å². The standard InChI is InChI=1S/C41H27N5O2.2Pd/c1-27(2)30-25-44-41(45-26-30)46-39-23-33(47-31-11-7-9-28(21-31)37-13-3-5-19-42-37)15-17-35(39)36-18-16-34(24-40(36)46)48-32-12-8-10-29(22-32)38-14-4-6-20-43-38;;/h3-20,25-27H,1-2H3;;/q-4;2*+2. The third-order valence-corrected chi connectivity index (χ3v) is 7.92. The zero-order chi connectivity index (χ0) is 32.5. The smallest absolute Gasteiger partial charge is 0.503 e. The van der Waals surface area contributed by atoms with E-state index in [1.807, 2.05) is 114 Å². The Morgan fingerprint density at radius 3 is 1.44 bits per heavy atom. The summed E-state index contributed by atoms with van der Waals surface area (Å²) >= 11 is 0. The van der Waals surface area contributed by atoms with E-state index in [9.17, 15) is 0 Å². The van der Waals surface area contributed by atoms with Gasteiger partial charge in [0, 0.05) is 47.8 Å². The van der Waals surface area contributed by atoms with E-state index in [4.69, 9.17) is 19.4 Å². The van der Waals surface area contributed by atoms with E-state index in [-0.39, 0.29) is 40.8 Å². The minimum atomic E-state index is 0. The molecule has 9 heteroatoms. The average molecular weight is 835 g/mol. The van der Waals surface area contributed by atoms with Crippen molar-refractivity contribution < 1.29 is 50.3 Å². The molecule has 0 saturated carbocycles. The molecule has 8 rings (SSSR count). The first-order valence-corrected chi connectivity index (χ1v) is 15.6. The molecular weight excluding hydrogens is 807 g/mol. The maximum Gasteiger partial charge on any atom is 2.00 e. The molecule has 4 aromatic carbocycles. The van der Waals surface area contributed by atoms with Gasteiger partial charge < -0.3 is 24.0 Å². The average Bonchev–Trinajstić information content (AvgIpc) is 3.45. The summed E-state index contributed by atoms with van der Waals surface area (Å²) in [5.74, 6) is 2.95. The number of pyridine rings is 2. The Balaban J connectivity index is 0.00000216. The topological polar surface area (TPSA) is 75.0 Å². The number of benzene rings is 4. The fourth-order valence-electron chi connectivity index (χ4n) is 5.48. The molecule has 0 fully saturated rings. The molecule has 8 aromatic rings. The Labute approximate surface area is 317 Å². The van der Waals surface area contributed by atoms with E-state index in [2.05, 4.69) is 48.1 Å². The Morgan fingerprint density at radius 1 is 0.520 bits per heavy atom. The quantitative estimate of drug-likeness (QED) is 0.112. The number of nitrogens with zero attached hydrogens (tertiary/aromatic N) is 5. The second kappa shape index (κ2) is 15.3. The predicted molar refractivity (Wildman–Crippen MR) is 185 cm³/mol. The third-order valence-electron chi connectivity index (χ3n) is 7.92. The van der Waals surface area contributed by atoms with Crippen LogP contribution in [0.4, 0.5) is 0 Å². The van der Waals surface area contributed by atoms with Crippen molar-refractivity contribution in [2.45, 2.75) is 19.8 Å². The molecule has 0 aliphatic rings. The van der Waals surface area contributed by atoms with Gasteiger partial charge in [-0.1, -0.05) is 61.3 Å². The van der Waals surface area contributed by atoms with Crippen LogP contribution in [-0.4, -0.2) is 24.5 Å². The molecule has 50 heavy (non-hydrogen) atoms. The Bertz CT molecular complexity index is 2240. The minimum absolute atomic E-state index is 0. The van der Waals surface area contributed by atoms with Crippen LogP contribution in [-0.2, 0) is 40.8 Å². The van der Waals surface area contributed by atoms with Gasteiger partial charge in [-0.25, -0.2) is 9.97 Å². The first-order valence-electron chi connectivity index (χ1n) is 15.6. The summed E-state index contributed by atoms with van der Waals surface area (Å²) in [4.78, 5) is 18.4. The fraction of sp³-hybridized carbons (Fsp3) is 0.0732. The van der Waals surface area contributed by atoms with Crippen molar-refractivity contribution in [2.75, 3.05) is 0 Å². The van der Waals surface area contributed by atoms with Crippen molar-refractivity contribution >= 4 is 21.8 Å². The molecule has 0 spiro atoms. The zero-order valence-electron chi connectivity index (χ0n) is 26.8. The van der Waals surface area contributed by atoms with Crippen molar-refractivity contribution in [1.29, 1.82) is 0 Å².